The molecule has 0 fully saturated rings. The van der Waals surface area contributed by atoms with E-state index in [1.165, 1.54) is 0 Å². The van der Waals surface area contributed by atoms with Crippen molar-refractivity contribution in [1.82, 2.24) is 0 Å². The summed E-state index contributed by atoms with van der Waals surface area (Å²) >= 11 is 9.35. The molecule has 2 nitrogen and oxygen atoms in total. The lowest BCUT2D eigenvalue weighted by Crippen LogP contribution is -2.11. The van der Waals surface area contributed by atoms with E-state index in [-0.39, 0.29) is 0 Å². The van der Waals surface area contributed by atoms with Gasteiger partial charge in [0.25, 0.3) is 0 Å². The summed E-state index contributed by atoms with van der Waals surface area (Å²) in [4.78, 5) is 0. The summed E-state index contributed by atoms with van der Waals surface area (Å²) < 4.78 is 12.1. The minimum atomic E-state index is 0.460. The van der Waals surface area contributed by atoms with Gasteiger partial charge in [0.2, 0.25) is 0 Å². The molecule has 0 heterocycles. The van der Waals surface area contributed by atoms with Crippen molar-refractivity contribution in [2.24, 2.45) is 5.92 Å². The number of hydrogen-bond donors (Lipinski definition) is 0. The van der Waals surface area contributed by atoms with Crippen LogP contribution in [0.2, 0.25) is 0 Å². The highest BCUT2D eigenvalue weighted by Crippen LogP contribution is 2.37. The zero-order valence-electron chi connectivity index (χ0n) is 11.1. The van der Waals surface area contributed by atoms with Gasteiger partial charge < -0.3 is 9.47 Å². The molecule has 1 rings (SSSR count). The lowest BCUT2D eigenvalue weighted by Gasteiger charge is -2.17. The van der Waals surface area contributed by atoms with Crippen LogP contribution in [0.15, 0.2) is 16.6 Å². The maximum Gasteiger partial charge on any atom is 0.175 e. The fourth-order valence-electron chi connectivity index (χ4n) is 1.72. The van der Waals surface area contributed by atoms with Crippen LogP contribution in [0.4, 0.5) is 0 Å². The molecule has 0 aliphatic rings. The molecule has 0 unspecified atom stereocenters. The molecule has 0 radical (unpaired) electrons. The maximum absolute atomic E-state index is 5.89. The van der Waals surface area contributed by atoms with Gasteiger partial charge in [-0.2, -0.15) is 0 Å². The highest BCUT2D eigenvalue weighted by Gasteiger charge is 2.13. The summed E-state index contributed by atoms with van der Waals surface area (Å²) in [5, 5.41) is 0. The first-order valence-electron chi connectivity index (χ1n) is 6.21. The predicted octanol–water partition coefficient (Wildman–Crippen LogP) is 5.01. The summed E-state index contributed by atoms with van der Waals surface area (Å²) in [6.07, 6.45) is 2.24. The first-order valence-corrected chi connectivity index (χ1v) is 7.54. The van der Waals surface area contributed by atoms with Crippen molar-refractivity contribution in [3.8, 4) is 11.5 Å². The second-order valence-electron chi connectivity index (χ2n) is 4.24. The summed E-state index contributed by atoms with van der Waals surface area (Å²) in [5.41, 5.74) is 1.01. The SMILES string of the molecule is CCC(CC)COc1c(Br)cc(CCl)cc1OC. The van der Waals surface area contributed by atoms with Gasteiger partial charge in [0, 0.05) is 5.88 Å². The van der Waals surface area contributed by atoms with E-state index in [2.05, 4.69) is 29.8 Å². The Kier molecular flexibility index (Phi) is 6.87. The summed E-state index contributed by atoms with van der Waals surface area (Å²) in [7, 11) is 1.64. The van der Waals surface area contributed by atoms with E-state index >= 15 is 0 Å². The van der Waals surface area contributed by atoms with E-state index in [4.69, 9.17) is 21.1 Å². The van der Waals surface area contributed by atoms with Crippen LogP contribution in [0.5, 0.6) is 11.5 Å². The van der Waals surface area contributed by atoms with Gasteiger partial charge >= 0.3 is 0 Å². The van der Waals surface area contributed by atoms with Crippen molar-refractivity contribution in [3.63, 3.8) is 0 Å². The second kappa shape index (κ2) is 7.90. The molecule has 1 aromatic rings. The van der Waals surface area contributed by atoms with Crippen molar-refractivity contribution >= 4 is 27.5 Å². The lowest BCUT2D eigenvalue weighted by atomic mass is 10.1. The smallest absolute Gasteiger partial charge is 0.175 e. The zero-order chi connectivity index (χ0) is 13.5. The molecule has 0 saturated heterocycles. The van der Waals surface area contributed by atoms with Crippen LogP contribution in [0, 0.1) is 5.92 Å². The van der Waals surface area contributed by atoms with Gasteiger partial charge in [0.1, 0.15) is 0 Å². The fraction of sp³-hybridized carbons (Fsp3) is 0.571. The lowest BCUT2D eigenvalue weighted by molar-refractivity contribution is 0.229. The minimum Gasteiger partial charge on any atom is -0.493 e. The van der Waals surface area contributed by atoms with Gasteiger partial charge in [-0.25, -0.2) is 0 Å². The van der Waals surface area contributed by atoms with Crippen molar-refractivity contribution in [2.45, 2.75) is 32.6 Å². The average molecular weight is 336 g/mol. The van der Waals surface area contributed by atoms with Gasteiger partial charge in [-0.3, -0.25) is 0 Å². The molecule has 0 aromatic heterocycles. The molecule has 0 N–H and O–H groups in total. The number of rotatable bonds is 7. The Balaban J connectivity index is 2.87. The van der Waals surface area contributed by atoms with Gasteiger partial charge in [0.05, 0.1) is 18.2 Å². The van der Waals surface area contributed by atoms with E-state index in [0.29, 0.717) is 18.4 Å². The highest BCUT2D eigenvalue weighted by atomic mass is 79.9. The highest BCUT2D eigenvalue weighted by molar-refractivity contribution is 9.10. The van der Waals surface area contributed by atoms with Crippen LogP contribution in [-0.4, -0.2) is 13.7 Å². The molecule has 0 saturated carbocycles. The van der Waals surface area contributed by atoms with Gasteiger partial charge in [-0.1, -0.05) is 26.7 Å². The Morgan fingerprint density at radius 2 is 1.94 bits per heavy atom. The maximum atomic E-state index is 5.89. The van der Waals surface area contributed by atoms with Crippen molar-refractivity contribution in [1.29, 1.82) is 0 Å². The Hall–Kier alpha value is -0.410. The van der Waals surface area contributed by atoms with Gasteiger partial charge in [-0.05, 0) is 39.5 Å². The summed E-state index contributed by atoms with van der Waals surface area (Å²) in [6.45, 7) is 5.07. The topological polar surface area (TPSA) is 18.5 Å². The van der Waals surface area contributed by atoms with Crippen LogP contribution in [0.3, 0.4) is 0 Å². The molecule has 0 aliphatic carbocycles. The van der Waals surface area contributed by atoms with Crippen LogP contribution in [0.25, 0.3) is 0 Å². The number of benzene rings is 1. The van der Waals surface area contributed by atoms with Crippen LogP contribution in [-0.2, 0) is 5.88 Å². The third-order valence-corrected chi connectivity index (χ3v) is 3.96. The Labute approximate surface area is 123 Å². The molecule has 0 atom stereocenters. The van der Waals surface area contributed by atoms with E-state index in [1.54, 1.807) is 7.11 Å². The average Bonchev–Trinajstić information content (AvgIpc) is 2.40. The molecule has 0 bridgehead atoms. The first kappa shape index (κ1) is 15.6. The van der Waals surface area contributed by atoms with E-state index < -0.39 is 0 Å². The Morgan fingerprint density at radius 3 is 2.44 bits per heavy atom. The van der Waals surface area contributed by atoms with Gasteiger partial charge in [-0.15, -0.1) is 11.6 Å². The van der Waals surface area contributed by atoms with Crippen molar-refractivity contribution in [3.05, 3.63) is 22.2 Å². The summed E-state index contributed by atoms with van der Waals surface area (Å²) in [6, 6.07) is 3.89. The molecule has 4 heteroatoms. The number of halogens is 2. The Bertz CT molecular complexity index is 378. The molecule has 0 spiro atoms. The van der Waals surface area contributed by atoms with Crippen LogP contribution >= 0.6 is 27.5 Å². The predicted molar refractivity (Wildman–Crippen MR) is 79.8 cm³/mol. The van der Waals surface area contributed by atoms with Crippen LogP contribution < -0.4 is 9.47 Å². The fourth-order valence-corrected chi connectivity index (χ4v) is 2.47. The van der Waals surface area contributed by atoms with Crippen molar-refractivity contribution in [2.75, 3.05) is 13.7 Å². The molecule has 0 amide bonds. The zero-order valence-corrected chi connectivity index (χ0v) is 13.5. The van der Waals surface area contributed by atoms with E-state index in [1.807, 2.05) is 12.1 Å². The van der Waals surface area contributed by atoms with Crippen molar-refractivity contribution < 1.29 is 9.47 Å². The monoisotopic (exact) mass is 334 g/mol. The normalized spacial score (nSPS) is 10.8. The summed E-state index contributed by atoms with van der Waals surface area (Å²) in [5.74, 6) is 2.53. The minimum absolute atomic E-state index is 0.460. The third kappa shape index (κ3) is 4.06. The first-order chi connectivity index (χ1) is 8.65. The Morgan fingerprint density at radius 1 is 1.28 bits per heavy atom. The van der Waals surface area contributed by atoms with Gasteiger partial charge in [0.15, 0.2) is 11.5 Å². The molecule has 1 aromatic carbocycles. The quantitative estimate of drug-likeness (QED) is 0.652. The standard InChI is InChI=1S/C14H20BrClO2/c1-4-10(5-2)9-18-14-12(15)6-11(8-16)7-13(14)17-3/h6-7,10H,4-5,8-9H2,1-3H3. The number of methoxy groups -OCH3 is 1. The number of alkyl halides is 1. The molecule has 18 heavy (non-hydrogen) atoms. The van der Waals surface area contributed by atoms with E-state index in [0.717, 1.165) is 34.4 Å². The molecular formula is C14H20BrClO2. The van der Waals surface area contributed by atoms with E-state index in [9.17, 15) is 0 Å². The second-order valence-corrected chi connectivity index (χ2v) is 5.36. The molecular weight excluding hydrogens is 316 g/mol. The number of hydrogen-bond acceptors (Lipinski definition) is 2. The van der Waals surface area contributed by atoms with Crippen LogP contribution in [0.1, 0.15) is 32.3 Å². The molecule has 0 aliphatic heterocycles. The largest absolute Gasteiger partial charge is 0.493 e. The molecule has 102 valence electrons. The third-order valence-electron chi connectivity index (χ3n) is 3.06. The number of ether oxygens (including phenoxy) is 2.